The molecule has 0 aromatic heterocycles. The van der Waals surface area contributed by atoms with E-state index in [1.165, 1.54) is 6.92 Å². The predicted molar refractivity (Wildman–Crippen MR) is 35.5 cm³/mol. The van der Waals surface area contributed by atoms with E-state index in [1.807, 2.05) is 0 Å². The van der Waals surface area contributed by atoms with E-state index in [4.69, 9.17) is 5.26 Å². The SMILES string of the molecule is CCF.CF.FCF.OOCF. The molecule has 0 saturated heterocycles. The highest BCUT2D eigenvalue weighted by atomic mass is 19.3. The first-order valence-corrected chi connectivity index (χ1v) is 2.63. The Morgan fingerprint density at radius 1 is 1.08 bits per heavy atom. The average Bonchev–Trinajstić information content (AvgIpc) is 2.10. The zero-order valence-corrected chi connectivity index (χ0v) is 6.87. The topological polar surface area (TPSA) is 29.5 Å². The van der Waals surface area contributed by atoms with E-state index < -0.39 is 13.8 Å². The van der Waals surface area contributed by atoms with E-state index in [2.05, 4.69) is 4.89 Å². The van der Waals surface area contributed by atoms with Crippen molar-refractivity contribution < 1.29 is 32.1 Å². The molecule has 80 valence electrons. The molecule has 0 aromatic rings. The van der Waals surface area contributed by atoms with Gasteiger partial charge in [-0.2, -0.15) is 0 Å². The van der Waals surface area contributed by atoms with Gasteiger partial charge in [0.25, 0.3) is 0 Å². The van der Waals surface area contributed by atoms with E-state index in [1.54, 1.807) is 0 Å². The fraction of sp³-hybridized carbons (Fsp3) is 1.00. The second-order valence-electron chi connectivity index (χ2n) is 0.606. The lowest BCUT2D eigenvalue weighted by atomic mass is 10.9. The molecule has 0 fully saturated rings. The van der Waals surface area contributed by atoms with E-state index in [0.717, 1.165) is 0 Å². The third kappa shape index (κ3) is 2160. The van der Waals surface area contributed by atoms with Crippen LogP contribution in [0.2, 0.25) is 0 Å². The zero-order valence-electron chi connectivity index (χ0n) is 6.87. The molecular weight excluding hydrogens is 187 g/mol. The minimum Gasteiger partial charge on any atom is -0.255 e. The van der Waals surface area contributed by atoms with Gasteiger partial charge in [-0.15, -0.1) is 0 Å². The van der Waals surface area contributed by atoms with Crippen LogP contribution in [0, 0.1) is 0 Å². The van der Waals surface area contributed by atoms with Crippen molar-refractivity contribution >= 4 is 0 Å². The Morgan fingerprint density at radius 2 is 1.17 bits per heavy atom. The van der Waals surface area contributed by atoms with Crippen LogP contribution in [0.1, 0.15) is 6.92 Å². The van der Waals surface area contributed by atoms with Gasteiger partial charge in [0.15, 0.2) is 0 Å². The molecule has 0 aromatic carbocycles. The molecule has 0 aliphatic rings. The van der Waals surface area contributed by atoms with Gasteiger partial charge in [-0.3, -0.25) is 8.78 Å². The lowest BCUT2D eigenvalue weighted by Gasteiger charge is -1.70. The van der Waals surface area contributed by atoms with Gasteiger partial charge in [0.1, 0.15) is 0 Å². The van der Waals surface area contributed by atoms with Crippen molar-refractivity contribution in [2.24, 2.45) is 0 Å². The van der Waals surface area contributed by atoms with Crippen molar-refractivity contribution in [1.82, 2.24) is 0 Å². The van der Waals surface area contributed by atoms with Crippen LogP contribution in [-0.2, 0) is 4.89 Å². The van der Waals surface area contributed by atoms with Crippen LogP contribution in [0.4, 0.5) is 22.0 Å². The summed E-state index contributed by atoms with van der Waals surface area (Å²) in [7, 11) is 0.500. The smallest absolute Gasteiger partial charge is 0.229 e. The lowest BCUT2D eigenvalue weighted by Crippen LogP contribution is -1.72. The summed E-state index contributed by atoms with van der Waals surface area (Å²) in [6.07, 6.45) is 0. The molecule has 0 aliphatic heterocycles. The Hall–Kier alpha value is -0.430. The number of halogens is 5. The second-order valence-corrected chi connectivity index (χ2v) is 0.606. The summed E-state index contributed by atoms with van der Waals surface area (Å²) < 4.78 is 49.3. The summed E-state index contributed by atoms with van der Waals surface area (Å²) in [5.41, 5.74) is 0. The highest BCUT2D eigenvalue weighted by molar-refractivity contribution is 3.86. The highest BCUT2D eigenvalue weighted by Crippen LogP contribution is 1.57. The summed E-state index contributed by atoms with van der Waals surface area (Å²) in [5.74, 6) is 0. The van der Waals surface area contributed by atoms with Crippen LogP contribution < -0.4 is 0 Å². The molecule has 0 rings (SSSR count). The summed E-state index contributed by atoms with van der Waals surface area (Å²) in [6.45, 7) is -1.67. The van der Waals surface area contributed by atoms with Crippen molar-refractivity contribution in [3.05, 3.63) is 0 Å². The predicted octanol–water partition coefficient (Wildman–Crippen LogP) is 2.85. The summed E-state index contributed by atoms with van der Waals surface area (Å²) >= 11 is 0. The molecule has 0 atom stereocenters. The molecule has 0 unspecified atom stereocenters. The van der Waals surface area contributed by atoms with Gasteiger partial charge in [-0.25, -0.2) is 23.3 Å². The van der Waals surface area contributed by atoms with Gasteiger partial charge >= 0.3 is 0 Å². The lowest BCUT2D eigenvalue weighted by molar-refractivity contribution is -0.267. The van der Waals surface area contributed by atoms with Crippen molar-refractivity contribution in [2.75, 3.05) is 27.6 Å². The molecule has 0 heterocycles. The van der Waals surface area contributed by atoms with Crippen LogP contribution in [0.15, 0.2) is 0 Å². The Balaban J connectivity index is -0.0000000368. The first kappa shape index (κ1) is 22.6. The molecule has 7 heteroatoms. The van der Waals surface area contributed by atoms with Crippen molar-refractivity contribution in [2.45, 2.75) is 6.92 Å². The highest BCUT2D eigenvalue weighted by Gasteiger charge is 1.58. The van der Waals surface area contributed by atoms with Crippen molar-refractivity contribution in [3.8, 4) is 0 Å². The summed E-state index contributed by atoms with van der Waals surface area (Å²) in [6, 6.07) is 0. The molecule has 2 nitrogen and oxygen atoms in total. The Bertz CT molecular complexity index is 29.8. The number of alkyl halides is 5. The molecule has 0 amide bonds. The van der Waals surface area contributed by atoms with Crippen LogP contribution in [0.3, 0.4) is 0 Å². The van der Waals surface area contributed by atoms with E-state index in [-0.39, 0.29) is 6.67 Å². The molecular formula is C5H13F5O2. The van der Waals surface area contributed by atoms with Gasteiger partial charge in [0.2, 0.25) is 13.8 Å². The van der Waals surface area contributed by atoms with E-state index in [9.17, 15) is 22.0 Å². The molecule has 0 aliphatic carbocycles. The van der Waals surface area contributed by atoms with Gasteiger partial charge in [-0.1, -0.05) is 0 Å². The molecule has 0 bridgehead atoms. The van der Waals surface area contributed by atoms with E-state index in [0.29, 0.717) is 7.18 Å². The zero-order chi connectivity index (χ0) is 10.8. The van der Waals surface area contributed by atoms with Gasteiger partial charge < -0.3 is 0 Å². The molecule has 0 radical (unpaired) electrons. The summed E-state index contributed by atoms with van der Waals surface area (Å²) in [4.78, 5) is 2.88. The first-order chi connectivity index (χ1) is 5.74. The van der Waals surface area contributed by atoms with Crippen LogP contribution in [0.25, 0.3) is 0 Å². The molecule has 12 heavy (non-hydrogen) atoms. The monoisotopic (exact) mass is 200 g/mol. The number of hydrogen-bond donors (Lipinski definition) is 1. The largest absolute Gasteiger partial charge is 0.255 e. The fourth-order valence-electron chi connectivity index (χ4n) is 0. The Kier molecular flexibility index (Phi) is 143. The van der Waals surface area contributed by atoms with Crippen LogP contribution in [-0.4, -0.2) is 32.9 Å². The standard InChI is InChI=1S/C2H5F.CH2F2.CH3FO2.CH3F/c1-2-3;2-1-3;2-1-4-3;1-2/h2H2,1H3;1H2;3H,1H2;1H3. The van der Waals surface area contributed by atoms with Gasteiger partial charge in [0.05, 0.1) is 13.9 Å². The number of hydrogen-bond acceptors (Lipinski definition) is 2. The summed E-state index contributed by atoms with van der Waals surface area (Å²) in [5, 5.41) is 7.00. The van der Waals surface area contributed by atoms with Crippen molar-refractivity contribution in [3.63, 3.8) is 0 Å². The minimum atomic E-state index is -1.75. The number of rotatable bonds is 1. The minimum absolute atomic E-state index is 0.250. The van der Waals surface area contributed by atoms with Gasteiger partial charge in [-0.05, 0) is 6.92 Å². The van der Waals surface area contributed by atoms with Crippen molar-refractivity contribution in [1.29, 1.82) is 0 Å². The van der Waals surface area contributed by atoms with Crippen LogP contribution in [0.5, 0.6) is 0 Å². The first-order valence-electron chi connectivity index (χ1n) is 2.63. The van der Waals surface area contributed by atoms with E-state index >= 15 is 0 Å². The van der Waals surface area contributed by atoms with Crippen LogP contribution >= 0.6 is 0 Å². The molecule has 0 spiro atoms. The second kappa shape index (κ2) is 76.0. The third-order valence-electron chi connectivity index (χ3n) is 0.0488. The molecule has 0 saturated carbocycles. The fourth-order valence-corrected chi connectivity index (χ4v) is 0. The Morgan fingerprint density at radius 3 is 1.17 bits per heavy atom. The Labute approximate surface area is 67.9 Å². The van der Waals surface area contributed by atoms with Gasteiger partial charge in [0, 0.05) is 0 Å². The maximum atomic E-state index is 10.3. The quantitative estimate of drug-likeness (QED) is 0.400. The normalized spacial score (nSPS) is 6.00. The third-order valence-corrected chi connectivity index (χ3v) is 0.0488. The molecule has 1 N–H and O–H groups in total. The maximum absolute atomic E-state index is 10.3. The average molecular weight is 200 g/mol. The maximum Gasteiger partial charge on any atom is 0.229 e.